The fourth-order valence-electron chi connectivity index (χ4n) is 1.18. The van der Waals surface area contributed by atoms with Gasteiger partial charge in [-0.1, -0.05) is 11.6 Å². The summed E-state index contributed by atoms with van der Waals surface area (Å²) in [6, 6.07) is 0. The average molecular weight is 297 g/mol. The molecule has 0 radical (unpaired) electrons. The van der Waals surface area contributed by atoms with E-state index in [1.54, 1.807) is 0 Å². The van der Waals surface area contributed by atoms with Gasteiger partial charge in [-0.05, 0) is 0 Å². The van der Waals surface area contributed by atoms with Crippen molar-refractivity contribution < 1.29 is 18.0 Å². The maximum absolute atomic E-state index is 12.8. The minimum atomic E-state index is -4.73. The summed E-state index contributed by atoms with van der Waals surface area (Å²) in [7, 11) is 4.26. The first-order valence-corrected chi connectivity index (χ1v) is 5.49. The van der Waals surface area contributed by atoms with Gasteiger partial charge < -0.3 is 4.90 Å². The van der Waals surface area contributed by atoms with Crippen LogP contribution in [0.1, 0.15) is 12.6 Å². The van der Waals surface area contributed by atoms with Crippen molar-refractivity contribution in [1.29, 1.82) is 0 Å². The quantitative estimate of drug-likeness (QED) is 0.839. The number of carbonyl (C=O) groups is 1. The Morgan fingerprint density at radius 3 is 2.11 bits per heavy atom. The van der Waals surface area contributed by atoms with E-state index < -0.39 is 22.8 Å². The van der Waals surface area contributed by atoms with Crippen LogP contribution in [0, 0.1) is 0 Å². The van der Waals surface area contributed by atoms with Gasteiger partial charge in [-0.25, -0.2) is 4.98 Å². The first-order chi connectivity index (χ1) is 8.55. The predicted octanol–water partition coefficient (Wildman–Crippen LogP) is 2.20. The van der Waals surface area contributed by atoms with Crippen LogP contribution in [0.3, 0.4) is 0 Å². The van der Waals surface area contributed by atoms with Gasteiger partial charge >= 0.3 is 6.18 Å². The molecular formula is C10H12ClF3N4O. The van der Waals surface area contributed by atoms with Gasteiger partial charge in [0.05, 0.1) is 0 Å². The second-order valence-corrected chi connectivity index (χ2v) is 4.36. The van der Waals surface area contributed by atoms with E-state index in [1.165, 1.54) is 33.0 Å². The molecule has 0 fully saturated rings. The Hall–Kier alpha value is -1.57. The number of hydrogen-bond acceptors (Lipinski definition) is 4. The van der Waals surface area contributed by atoms with Crippen LogP contribution < -0.4 is 9.80 Å². The third-order valence-corrected chi connectivity index (χ3v) is 2.63. The highest BCUT2D eigenvalue weighted by atomic mass is 35.5. The molecule has 0 aromatic carbocycles. The highest BCUT2D eigenvalue weighted by Crippen LogP contribution is 2.38. The van der Waals surface area contributed by atoms with Gasteiger partial charge in [0, 0.05) is 28.1 Å². The number of aromatic nitrogens is 2. The first-order valence-electron chi connectivity index (χ1n) is 5.12. The van der Waals surface area contributed by atoms with Crippen molar-refractivity contribution >= 4 is 29.3 Å². The number of nitrogens with zero attached hydrogens (tertiary/aromatic N) is 4. The van der Waals surface area contributed by atoms with Gasteiger partial charge in [0.15, 0.2) is 11.5 Å². The van der Waals surface area contributed by atoms with E-state index in [2.05, 4.69) is 9.97 Å². The van der Waals surface area contributed by atoms with Crippen LogP contribution in [-0.4, -0.2) is 37.0 Å². The van der Waals surface area contributed by atoms with Gasteiger partial charge in [0.2, 0.25) is 11.9 Å². The molecule has 1 heterocycles. The Bertz CT molecular complexity index is 504. The smallest absolute Gasteiger partial charge is 0.347 e. The summed E-state index contributed by atoms with van der Waals surface area (Å²) in [5, 5.41) is -0.698. The molecule has 0 bridgehead atoms. The molecule has 0 aliphatic heterocycles. The van der Waals surface area contributed by atoms with E-state index in [9.17, 15) is 18.0 Å². The van der Waals surface area contributed by atoms with Crippen molar-refractivity contribution in [2.75, 3.05) is 30.9 Å². The number of amides is 1. The second kappa shape index (κ2) is 5.20. The summed E-state index contributed by atoms with van der Waals surface area (Å²) >= 11 is 5.65. The molecule has 0 saturated carbocycles. The molecule has 0 N–H and O–H groups in total. The van der Waals surface area contributed by atoms with Gasteiger partial charge in [0.25, 0.3) is 0 Å². The van der Waals surface area contributed by atoms with Gasteiger partial charge in [0.1, 0.15) is 5.02 Å². The molecular weight excluding hydrogens is 285 g/mol. The summed E-state index contributed by atoms with van der Waals surface area (Å²) < 4.78 is 38.5. The third-order valence-electron chi connectivity index (χ3n) is 2.28. The Morgan fingerprint density at radius 2 is 1.74 bits per heavy atom. The lowest BCUT2D eigenvalue weighted by Crippen LogP contribution is -2.27. The van der Waals surface area contributed by atoms with E-state index in [0.29, 0.717) is 0 Å². The van der Waals surface area contributed by atoms with Crippen molar-refractivity contribution in [3.63, 3.8) is 0 Å². The van der Waals surface area contributed by atoms with Gasteiger partial charge in [-0.3, -0.25) is 9.69 Å². The molecule has 1 aromatic heterocycles. The molecule has 106 valence electrons. The van der Waals surface area contributed by atoms with Crippen molar-refractivity contribution in [2.24, 2.45) is 0 Å². The van der Waals surface area contributed by atoms with Crippen LogP contribution in [0.4, 0.5) is 24.9 Å². The molecule has 0 saturated heterocycles. The minimum Gasteiger partial charge on any atom is -0.347 e. The molecule has 0 unspecified atom stereocenters. The standard InChI is InChI=1S/C10H12ClF3N4O/c1-5(19)18(4)8-6(11)7(10(12,13)14)15-9(16-8)17(2)3/h1-4H3. The molecule has 5 nitrogen and oxygen atoms in total. The Kier molecular flexibility index (Phi) is 4.24. The van der Waals surface area contributed by atoms with Crippen molar-refractivity contribution in [3.8, 4) is 0 Å². The largest absolute Gasteiger partial charge is 0.435 e. The second-order valence-electron chi connectivity index (χ2n) is 3.98. The van der Waals surface area contributed by atoms with E-state index in [1.807, 2.05) is 0 Å². The van der Waals surface area contributed by atoms with Crippen LogP contribution in [0.5, 0.6) is 0 Å². The molecule has 1 amide bonds. The SMILES string of the molecule is CC(=O)N(C)c1nc(N(C)C)nc(C(F)(F)F)c1Cl. The molecule has 0 aliphatic rings. The fourth-order valence-corrected chi connectivity index (χ4v) is 1.50. The summed E-state index contributed by atoms with van der Waals surface area (Å²) in [5.74, 6) is -0.946. The highest BCUT2D eigenvalue weighted by Gasteiger charge is 2.38. The van der Waals surface area contributed by atoms with Gasteiger partial charge in [-0.15, -0.1) is 0 Å². The van der Waals surface area contributed by atoms with Crippen LogP contribution >= 0.6 is 11.6 Å². The zero-order valence-electron chi connectivity index (χ0n) is 10.7. The van der Waals surface area contributed by atoms with E-state index in [0.717, 1.165) is 4.90 Å². The monoisotopic (exact) mass is 296 g/mol. The lowest BCUT2D eigenvalue weighted by molar-refractivity contribution is -0.141. The van der Waals surface area contributed by atoms with Crippen molar-refractivity contribution in [2.45, 2.75) is 13.1 Å². The average Bonchev–Trinajstić information content (AvgIpc) is 2.26. The Labute approximate surface area is 113 Å². The number of carbonyl (C=O) groups excluding carboxylic acids is 1. The molecule has 1 aromatic rings. The third kappa shape index (κ3) is 3.25. The number of halogens is 4. The molecule has 0 aliphatic carbocycles. The van der Waals surface area contributed by atoms with E-state index >= 15 is 0 Å². The summed E-state index contributed by atoms with van der Waals surface area (Å²) in [6.07, 6.45) is -4.73. The zero-order valence-corrected chi connectivity index (χ0v) is 11.5. The van der Waals surface area contributed by atoms with E-state index in [4.69, 9.17) is 11.6 Å². The van der Waals surface area contributed by atoms with Crippen molar-refractivity contribution in [1.82, 2.24) is 9.97 Å². The normalized spacial score (nSPS) is 11.4. The van der Waals surface area contributed by atoms with Crippen LogP contribution in [0.15, 0.2) is 0 Å². The first kappa shape index (κ1) is 15.5. The Morgan fingerprint density at radius 1 is 1.21 bits per heavy atom. The molecule has 0 atom stereocenters. The minimum absolute atomic E-state index is 0.181. The van der Waals surface area contributed by atoms with Crippen LogP contribution in [0.2, 0.25) is 5.02 Å². The Balaban J connectivity index is 3.55. The van der Waals surface area contributed by atoms with E-state index in [-0.39, 0.29) is 11.8 Å². The number of alkyl halides is 3. The summed E-state index contributed by atoms with van der Waals surface area (Å²) in [5.41, 5.74) is -1.27. The molecule has 19 heavy (non-hydrogen) atoms. The summed E-state index contributed by atoms with van der Waals surface area (Å²) in [4.78, 5) is 20.7. The zero-order chi connectivity index (χ0) is 15.0. The van der Waals surface area contributed by atoms with Crippen molar-refractivity contribution in [3.05, 3.63) is 10.7 Å². The number of hydrogen-bond donors (Lipinski definition) is 0. The van der Waals surface area contributed by atoms with Crippen LogP contribution in [0.25, 0.3) is 0 Å². The molecule has 1 rings (SSSR count). The molecule has 0 spiro atoms. The van der Waals surface area contributed by atoms with Crippen LogP contribution in [-0.2, 0) is 11.0 Å². The fraction of sp³-hybridized carbons (Fsp3) is 0.500. The highest BCUT2D eigenvalue weighted by molar-refractivity contribution is 6.34. The maximum Gasteiger partial charge on any atom is 0.435 e. The number of rotatable bonds is 2. The summed E-state index contributed by atoms with van der Waals surface area (Å²) in [6.45, 7) is 1.20. The number of anilines is 2. The lowest BCUT2D eigenvalue weighted by atomic mass is 10.3. The lowest BCUT2D eigenvalue weighted by Gasteiger charge is -2.21. The predicted molar refractivity (Wildman–Crippen MR) is 65.5 cm³/mol. The molecule has 9 heteroatoms. The topological polar surface area (TPSA) is 49.3 Å². The maximum atomic E-state index is 12.8. The van der Waals surface area contributed by atoms with Gasteiger partial charge in [-0.2, -0.15) is 18.2 Å².